The number of halogens is 3. The van der Waals surface area contributed by atoms with Crippen LogP contribution in [0.15, 0.2) is 22.8 Å². The molecule has 0 spiro atoms. The highest BCUT2D eigenvalue weighted by Crippen LogP contribution is 2.18. The number of nitrogens with two attached hydrogens (primary N) is 1. The van der Waals surface area contributed by atoms with Gasteiger partial charge in [0.25, 0.3) is 6.43 Å². The number of hydrogen-bond donors (Lipinski definition) is 1. The normalized spacial score (nSPS) is 15.6. The number of rotatable bonds is 3. The summed E-state index contributed by atoms with van der Waals surface area (Å²) in [5, 5.41) is 0. The molecule has 0 fully saturated rings. The molecule has 5 heteroatoms. The van der Waals surface area contributed by atoms with Gasteiger partial charge in [-0.1, -0.05) is 0 Å². The summed E-state index contributed by atoms with van der Waals surface area (Å²) >= 11 is 3.21. The summed E-state index contributed by atoms with van der Waals surface area (Å²) in [5.41, 5.74) is 4.48. The second-order valence-corrected chi connectivity index (χ2v) is 4.37. The van der Waals surface area contributed by atoms with E-state index in [0.717, 1.165) is 4.47 Å². The molecule has 2 nitrogen and oxygen atoms in total. The van der Waals surface area contributed by atoms with Crippen molar-refractivity contribution in [2.75, 3.05) is 0 Å². The van der Waals surface area contributed by atoms with E-state index in [-0.39, 0.29) is 6.42 Å². The zero-order valence-electron chi connectivity index (χ0n) is 7.67. The zero-order valence-corrected chi connectivity index (χ0v) is 9.26. The van der Waals surface area contributed by atoms with E-state index >= 15 is 0 Å². The average molecular weight is 265 g/mol. The second kappa shape index (κ2) is 4.31. The van der Waals surface area contributed by atoms with Gasteiger partial charge in [-0.15, -0.1) is 0 Å². The smallest absolute Gasteiger partial charge is 0.256 e. The van der Waals surface area contributed by atoms with E-state index in [0.29, 0.717) is 5.69 Å². The molecule has 1 heterocycles. The van der Waals surface area contributed by atoms with Gasteiger partial charge in [0, 0.05) is 22.8 Å². The van der Waals surface area contributed by atoms with Gasteiger partial charge in [-0.05, 0) is 35.0 Å². The van der Waals surface area contributed by atoms with E-state index in [1.54, 1.807) is 18.3 Å². The van der Waals surface area contributed by atoms with Crippen molar-refractivity contribution in [1.29, 1.82) is 0 Å². The molecule has 0 amide bonds. The highest BCUT2D eigenvalue weighted by atomic mass is 79.9. The van der Waals surface area contributed by atoms with E-state index in [2.05, 4.69) is 20.9 Å². The van der Waals surface area contributed by atoms with Gasteiger partial charge < -0.3 is 5.73 Å². The Morgan fingerprint density at radius 2 is 2.21 bits per heavy atom. The maximum absolute atomic E-state index is 12.4. The molecule has 78 valence electrons. The van der Waals surface area contributed by atoms with Crippen molar-refractivity contribution in [3.63, 3.8) is 0 Å². The van der Waals surface area contributed by atoms with E-state index < -0.39 is 12.0 Å². The van der Waals surface area contributed by atoms with Gasteiger partial charge >= 0.3 is 0 Å². The molecule has 1 atom stereocenters. The van der Waals surface area contributed by atoms with Crippen LogP contribution in [0.3, 0.4) is 0 Å². The lowest BCUT2D eigenvalue weighted by molar-refractivity contribution is 0.0634. The Balaban J connectivity index is 2.74. The fourth-order valence-corrected chi connectivity index (χ4v) is 1.21. The third-order valence-corrected chi connectivity index (χ3v) is 2.32. The maximum atomic E-state index is 12.4. The fourth-order valence-electron chi connectivity index (χ4n) is 0.978. The molecule has 0 aliphatic rings. The minimum Gasteiger partial charge on any atom is -0.320 e. The summed E-state index contributed by atoms with van der Waals surface area (Å²) in [5.74, 6) is 0. The number of nitrogens with zero attached hydrogens (tertiary/aromatic N) is 1. The van der Waals surface area contributed by atoms with Crippen LogP contribution in [-0.4, -0.2) is 16.9 Å². The van der Waals surface area contributed by atoms with Gasteiger partial charge in [-0.3, -0.25) is 4.98 Å². The van der Waals surface area contributed by atoms with E-state index in [1.165, 1.54) is 6.92 Å². The summed E-state index contributed by atoms with van der Waals surface area (Å²) in [4.78, 5) is 3.99. The van der Waals surface area contributed by atoms with Crippen LogP contribution in [0.2, 0.25) is 0 Å². The standard InChI is InChI=1S/C9H11BrF2N2/c1-9(13,8(11)12)4-7-3-2-6(10)5-14-7/h2-3,5,8H,4,13H2,1H3. The Morgan fingerprint density at radius 1 is 1.57 bits per heavy atom. The van der Waals surface area contributed by atoms with Gasteiger partial charge in [0.2, 0.25) is 0 Å². The molecule has 0 aliphatic heterocycles. The van der Waals surface area contributed by atoms with Gasteiger partial charge in [-0.2, -0.15) is 0 Å². The summed E-state index contributed by atoms with van der Waals surface area (Å²) in [6, 6.07) is 3.43. The molecule has 0 bridgehead atoms. The predicted molar refractivity (Wildman–Crippen MR) is 54.2 cm³/mol. The monoisotopic (exact) mass is 264 g/mol. The first kappa shape index (κ1) is 11.5. The Kier molecular flexibility index (Phi) is 3.55. The lowest BCUT2D eigenvalue weighted by Gasteiger charge is -2.22. The molecular weight excluding hydrogens is 254 g/mol. The maximum Gasteiger partial charge on any atom is 0.256 e. The van der Waals surface area contributed by atoms with Crippen molar-refractivity contribution >= 4 is 15.9 Å². The van der Waals surface area contributed by atoms with Crippen molar-refractivity contribution in [3.8, 4) is 0 Å². The first-order valence-corrected chi connectivity index (χ1v) is 4.88. The van der Waals surface area contributed by atoms with Crippen LogP contribution in [0.1, 0.15) is 12.6 Å². The number of alkyl halides is 2. The molecule has 0 aliphatic carbocycles. The van der Waals surface area contributed by atoms with Gasteiger partial charge in [0.1, 0.15) is 0 Å². The third kappa shape index (κ3) is 2.99. The summed E-state index contributed by atoms with van der Waals surface area (Å²) < 4.78 is 25.6. The molecule has 0 saturated heterocycles. The minimum atomic E-state index is -2.55. The first-order chi connectivity index (χ1) is 6.42. The largest absolute Gasteiger partial charge is 0.320 e. The Bertz CT molecular complexity index is 298. The van der Waals surface area contributed by atoms with Gasteiger partial charge in [-0.25, -0.2) is 8.78 Å². The average Bonchev–Trinajstić information content (AvgIpc) is 2.08. The quantitative estimate of drug-likeness (QED) is 0.911. The topological polar surface area (TPSA) is 38.9 Å². The minimum absolute atomic E-state index is 0.0674. The molecule has 0 radical (unpaired) electrons. The number of hydrogen-bond acceptors (Lipinski definition) is 2. The van der Waals surface area contributed by atoms with Crippen molar-refractivity contribution in [2.45, 2.75) is 25.3 Å². The Labute approximate surface area is 89.6 Å². The van der Waals surface area contributed by atoms with Crippen molar-refractivity contribution in [3.05, 3.63) is 28.5 Å². The molecule has 0 aromatic carbocycles. The van der Waals surface area contributed by atoms with Crippen LogP contribution in [0.25, 0.3) is 0 Å². The molecule has 0 saturated carbocycles. The summed E-state index contributed by atoms with van der Waals surface area (Å²) in [6.45, 7) is 1.32. The van der Waals surface area contributed by atoms with Crippen LogP contribution in [0.4, 0.5) is 8.78 Å². The molecular formula is C9H11BrF2N2. The van der Waals surface area contributed by atoms with Crippen LogP contribution < -0.4 is 5.73 Å². The van der Waals surface area contributed by atoms with Crippen molar-refractivity contribution in [1.82, 2.24) is 4.98 Å². The van der Waals surface area contributed by atoms with Crippen LogP contribution >= 0.6 is 15.9 Å². The fraction of sp³-hybridized carbons (Fsp3) is 0.444. The lowest BCUT2D eigenvalue weighted by Crippen LogP contribution is -2.46. The van der Waals surface area contributed by atoms with Gasteiger partial charge in [0.15, 0.2) is 0 Å². The molecule has 14 heavy (non-hydrogen) atoms. The summed E-state index contributed by atoms with van der Waals surface area (Å²) in [7, 11) is 0. The molecule has 1 aromatic rings. The van der Waals surface area contributed by atoms with Gasteiger partial charge in [0.05, 0.1) is 5.54 Å². The number of aromatic nitrogens is 1. The number of pyridine rings is 1. The predicted octanol–water partition coefficient (Wildman–Crippen LogP) is 2.37. The van der Waals surface area contributed by atoms with Crippen LogP contribution in [0, 0.1) is 0 Å². The molecule has 1 aromatic heterocycles. The van der Waals surface area contributed by atoms with Crippen molar-refractivity contribution < 1.29 is 8.78 Å². The van der Waals surface area contributed by atoms with E-state index in [9.17, 15) is 8.78 Å². The molecule has 1 unspecified atom stereocenters. The summed E-state index contributed by atoms with van der Waals surface area (Å²) in [6.07, 6.45) is -0.914. The Morgan fingerprint density at radius 3 is 2.64 bits per heavy atom. The highest BCUT2D eigenvalue weighted by Gasteiger charge is 2.30. The SMILES string of the molecule is CC(N)(Cc1ccc(Br)cn1)C(F)F. The van der Waals surface area contributed by atoms with E-state index in [4.69, 9.17) is 5.73 Å². The lowest BCUT2D eigenvalue weighted by atomic mass is 9.97. The third-order valence-electron chi connectivity index (χ3n) is 1.85. The first-order valence-electron chi connectivity index (χ1n) is 4.09. The zero-order chi connectivity index (χ0) is 10.8. The van der Waals surface area contributed by atoms with Crippen LogP contribution in [0.5, 0.6) is 0 Å². The Hall–Kier alpha value is -0.550. The van der Waals surface area contributed by atoms with E-state index in [1.807, 2.05) is 0 Å². The highest BCUT2D eigenvalue weighted by molar-refractivity contribution is 9.10. The van der Waals surface area contributed by atoms with Crippen molar-refractivity contribution in [2.24, 2.45) is 5.73 Å². The molecule has 2 N–H and O–H groups in total. The second-order valence-electron chi connectivity index (χ2n) is 3.45. The molecule has 1 rings (SSSR count). The van der Waals surface area contributed by atoms with Crippen LogP contribution in [-0.2, 0) is 6.42 Å².